The summed E-state index contributed by atoms with van der Waals surface area (Å²) in [6.07, 6.45) is 7.88. The van der Waals surface area contributed by atoms with Crippen LogP contribution in [0.15, 0.2) is 225 Å². The predicted octanol–water partition coefficient (Wildman–Crippen LogP) is 13.6. The Labute approximate surface area is 845 Å². The van der Waals surface area contributed by atoms with Crippen molar-refractivity contribution in [2.45, 2.75) is 58.5 Å². The van der Waals surface area contributed by atoms with Crippen molar-refractivity contribution in [1.29, 1.82) is 0 Å². The van der Waals surface area contributed by atoms with E-state index in [-0.39, 0.29) is 103 Å². The molecular formula is C109H114F5N21O12. The molecule has 0 bridgehead atoms. The molecule has 0 fully saturated rings. The molecule has 0 atom stereocenters. The Bertz CT molecular complexity index is 7260. The first kappa shape index (κ1) is 109. The average molecular weight is 2010 g/mol. The van der Waals surface area contributed by atoms with Gasteiger partial charge in [0.05, 0.1) is 0 Å². The number of aromatic hydroxyl groups is 4. The Kier molecular flexibility index (Phi) is 37.3. The van der Waals surface area contributed by atoms with E-state index >= 15 is 0 Å². The zero-order valence-electron chi connectivity index (χ0n) is 83.3. The lowest BCUT2D eigenvalue weighted by Crippen LogP contribution is -2.41. The summed E-state index contributed by atoms with van der Waals surface area (Å²) >= 11 is 0. The molecule has 762 valence electrons. The normalized spacial score (nSPS) is 11.2. The molecule has 12 N–H and O–H groups in total. The highest BCUT2D eigenvalue weighted by Gasteiger charge is 2.31. The zero-order valence-corrected chi connectivity index (χ0v) is 83.3. The third-order valence-corrected chi connectivity index (χ3v) is 22.4. The van der Waals surface area contributed by atoms with E-state index < -0.39 is 81.6 Å². The Balaban J connectivity index is 0.000000174. The molecule has 15 aromatic rings. The minimum absolute atomic E-state index is 0.00561. The highest BCUT2D eigenvalue weighted by Crippen LogP contribution is 2.36. The van der Waals surface area contributed by atoms with Gasteiger partial charge in [-0.15, -0.1) is 0 Å². The summed E-state index contributed by atoms with van der Waals surface area (Å²) in [6.45, 7) is 9.25. The molecule has 0 aliphatic carbocycles. The summed E-state index contributed by atoms with van der Waals surface area (Å²) in [6, 6.07) is 52.8. The summed E-state index contributed by atoms with van der Waals surface area (Å²) < 4.78 is 66.4. The molecule has 0 aliphatic rings. The highest BCUT2D eigenvalue weighted by atomic mass is 19.1. The molecule has 8 heterocycles. The van der Waals surface area contributed by atoms with E-state index in [9.17, 15) is 80.7 Å². The van der Waals surface area contributed by atoms with Crippen molar-refractivity contribution in [3.8, 4) is 23.0 Å². The van der Waals surface area contributed by atoms with Gasteiger partial charge in [0.1, 0.15) is 73.9 Å². The first-order valence-corrected chi connectivity index (χ1v) is 46.7. The molecule has 147 heavy (non-hydrogen) atoms. The molecule has 0 aliphatic heterocycles. The third-order valence-electron chi connectivity index (χ3n) is 22.4. The number of pyridine rings is 8. The van der Waals surface area contributed by atoms with Gasteiger partial charge in [-0.1, -0.05) is 78.9 Å². The van der Waals surface area contributed by atoms with Crippen LogP contribution < -0.4 is 47.4 Å². The Hall–Kier alpha value is -17.0. The minimum Gasteiger partial charge on any atom is -0.504 e. The number of benzene rings is 7. The summed E-state index contributed by atoms with van der Waals surface area (Å²) in [5.41, 5.74) is 7.44. The highest BCUT2D eigenvalue weighted by molar-refractivity contribution is 6.16. The van der Waals surface area contributed by atoms with Crippen molar-refractivity contribution < 1.29 is 80.7 Å². The number of amides is 8. The maximum atomic E-state index is 13.5. The van der Waals surface area contributed by atoms with Crippen LogP contribution in [0.2, 0.25) is 0 Å². The van der Waals surface area contributed by atoms with Crippen LogP contribution in [0.25, 0.3) is 43.6 Å². The Morgan fingerprint density at radius 1 is 0.286 bits per heavy atom. The van der Waals surface area contributed by atoms with Crippen molar-refractivity contribution in [3.05, 3.63) is 350 Å². The summed E-state index contributed by atoms with van der Waals surface area (Å²) in [5, 5.41) is 66.7. The number of anilines is 3. The maximum absolute atomic E-state index is 13.5. The van der Waals surface area contributed by atoms with Crippen LogP contribution in [0.1, 0.15) is 155 Å². The number of para-hydroxylation sites is 1. The van der Waals surface area contributed by atoms with Crippen molar-refractivity contribution >= 4 is 108 Å². The van der Waals surface area contributed by atoms with Gasteiger partial charge in [-0.05, 0) is 274 Å². The maximum Gasteiger partial charge on any atom is 0.274 e. The fraction of sp³-hybridized carbons (Fsp3) is 0.248. The van der Waals surface area contributed by atoms with Gasteiger partial charge in [-0.3, -0.25) is 58.3 Å². The van der Waals surface area contributed by atoms with Crippen molar-refractivity contribution in [3.63, 3.8) is 0 Å². The van der Waals surface area contributed by atoms with Crippen LogP contribution in [-0.4, -0.2) is 256 Å². The molecule has 0 saturated carbocycles. The van der Waals surface area contributed by atoms with E-state index in [0.29, 0.717) is 117 Å². The van der Waals surface area contributed by atoms with Gasteiger partial charge in [0.25, 0.3) is 47.3 Å². The molecule has 8 aromatic heterocycles. The van der Waals surface area contributed by atoms with Crippen LogP contribution in [0.4, 0.5) is 39.0 Å². The van der Waals surface area contributed by atoms with Crippen LogP contribution in [0.3, 0.4) is 0 Å². The van der Waals surface area contributed by atoms with Gasteiger partial charge < -0.3 is 87.5 Å². The Morgan fingerprint density at radius 2 is 0.531 bits per heavy atom. The molecule has 8 amide bonds. The topological polar surface area (TPSA) is 433 Å². The molecule has 7 aromatic carbocycles. The lowest BCUT2D eigenvalue weighted by Gasteiger charge is -2.21. The van der Waals surface area contributed by atoms with E-state index in [2.05, 4.69) is 82.4 Å². The average Bonchev–Trinajstić information content (AvgIpc) is 0.777. The monoisotopic (exact) mass is 2000 g/mol. The molecule has 0 unspecified atom stereocenters. The third kappa shape index (κ3) is 30.6. The van der Waals surface area contributed by atoms with E-state index in [4.69, 9.17) is 0 Å². The van der Waals surface area contributed by atoms with Gasteiger partial charge in [0.15, 0.2) is 45.8 Å². The second-order valence-corrected chi connectivity index (χ2v) is 36.8. The molecule has 15 rings (SSSR count). The number of halogens is 5. The number of hydrogen-bond donors (Lipinski definition) is 12. The number of fused-ring (bicyclic) bond motifs is 4. The summed E-state index contributed by atoms with van der Waals surface area (Å²) in [5.74, 6) is -8.02. The van der Waals surface area contributed by atoms with Gasteiger partial charge >= 0.3 is 0 Å². The number of nitrogens with one attached hydrogen (secondary N) is 8. The van der Waals surface area contributed by atoms with E-state index in [0.717, 1.165) is 44.6 Å². The van der Waals surface area contributed by atoms with Crippen LogP contribution in [0.5, 0.6) is 23.0 Å². The standard InChI is InChI=1S/C29H31FN6O3.C28H27F2N5O3.C27H26FN5O3.C25H30FN5O3/c1-35(2)14-13-31-28(38)26-27(37)24-23(16-19(17-32-24)15-18-5-7-20(30)8-6-18)25(34-26)29(39)33-21-9-11-22(12-10-21)36(3)4;1-35(2)12-11-31-28(38)25-26(36)23-22(14-19(16-32-23)13-17-3-7-20(29)8-4-17)24(34-25)27(37)33-15-18-5-9-21(30)10-6-18;1-33(2)13-12-29-26(35)24-25(34)22-21(23(32-24)27(36)31-20-6-4-3-5-7-20)15-18(16-30-22)14-17-8-10-19(28)11-9-17;1-25(2,3)30-24(34)20-18-13-16(12-15-6-8-17(26)9-7-15)14-28-19(18)22(32)21(29-20)23(33)27-10-11-31(4)5/h5-12,16-17,37H,13-15H2,1-4H3,(H,31,38)(H,33,39);3-10,14,16,36H,11-13,15H2,1-2H3,(H,31,38)(H,33,37);3-11,15-16,34H,12-14H2,1-2H3,(H,29,35)(H,31,36);6-9,13-14,32H,10-12H2,1-5H3,(H,27,33)(H,30,34). The van der Waals surface area contributed by atoms with Gasteiger partial charge in [0, 0.05) is 142 Å². The molecule has 38 heteroatoms. The van der Waals surface area contributed by atoms with Gasteiger partial charge in [-0.25, -0.2) is 41.9 Å². The van der Waals surface area contributed by atoms with Crippen molar-refractivity contribution in [1.82, 2.24) is 91.4 Å². The molecule has 33 nitrogen and oxygen atoms in total. The zero-order chi connectivity index (χ0) is 106. The smallest absolute Gasteiger partial charge is 0.274 e. The first-order chi connectivity index (χ1) is 70.1. The van der Waals surface area contributed by atoms with Gasteiger partial charge in [0.2, 0.25) is 0 Å². The van der Waals surface area contributed by atoms with E-state index in [1.807, 2.05) is 134 Å². The van der Waals surface area contributed by atoms with Crippen LogP contribution >= 0.6 is 0 Å². The fourth-order valence-electron chi connectivity index (χ4n) is 14.8. The quantitative estimate of drug-likeness (QED) is 0.0170. The second kappa shape index (κ2) is 50.3. The lowest BCUT2D eigenvalue weighted by molar-refractivity contribution is 0.0907. The summed E-state index contributed by atoms with van der Waals surface area (Å²) in [7, 11) is 18.8. The fourth-order valence-corrected chi connectivity index (χ4v) is 14.8. The molecular weight excluding hydrogens is 1890 g/mol. The number of nitrogens with zero attached hydrogens (tertiary/aromatic N) is 13. The largest absolute Gasteiger partial charge is 0.504 e. The number of aromatic nitrogens is 8. The predicted molar refractivity (Wildman–Crippen MR) is 553 cm³/mol. The minimum atomic E-state index is -0.643. The first-order valence-electron chi connectivity index (χ1n) is 46.7. The Morgan fingerprint density at radius 3 is 0.789 bits per heavy atom. The number of hydrogen-bond acceptors (Lipinski definition) is 25. The lowest BCUT2D eigenvalue weighted by atomic mass is 10.0. The van der Waals surface area contributed by atoms with E-state index in [1.165, 1.54) is 66.9 Å². The number of likely N-dealkylation sites (N-methyl/N-ethyl adjacent to an activating group) is 4. The van der Waals surface area contributed by atoms with Crippen LogP contribution in [-0.2, 0) is 32.2 Å². The van der Waals surface area contributed by atoms with Gasteiger partial charge in [-0.2, -0.15) is 0 Å². The second-order valence-electron chi connectivity index (χ2n) is 36.8. The summed E-state index contributed by atoms with van der Waals surface area (Å²) in [4.78, 5) is 148. The van der Waals surface area contributed by atoms with Crippen molar-refractivity contribution in [2.75, 3.05) is 138 Å². The van der Waals surface area contributed by atoms with E-state index in [1.54, 1.807) is 140 Å². The molecule has 0 saturated heterocycles. The number of carbonyl (C=O) groups excluding carboxylic acids is 8. The van der Waals surface area contributed by atoms with Crippen LogP contribution in [0, 0.1) is 29.1 Å². The van der Waals surface area contributed by atoms with Crippen molar-refractivity contribution in [2.24, 2.45) is 0 Å². The molecule has 0 spiro atoms. The molecule has 0 radical (unpaired) electrons. The number of rotatable bonds is 33. The number of carbonyl (C=O) groups is 8. The SMILES string of the molecule is CN(C)CCNC(=O)c1nc(C(=O)NC(C)(C)C)c2cc(Cc3ccc(F)cc3)cnc2c1O.CN(C)CCNC(=O)c1nc(C(=O)NCc2ccc(F)cc2)c2cc(Cc3ccc(F)cc3)cnc2c1O.CN(C)CCNC(=O)c1nc(C(=O)Nc2ccc(N(C)C)cc2)c2cc(Cc3ccc(F)cc3)cnc2c1O.CN(C)CCNC(=O)c1nc(C(=O)Nc2ccccc2)c2cc(Cc3ccc(F)cc3)cnc2c1O.